The van der Waals surface area contributed by atoms with Crippen molar-refractivity contribution in [2.24, 2.45) is 0 Å². The van der Waals surface area contributed by atoms with Crippen molar-refractivity contribution in [3.05, 3.63) is 71.3 Å². The zero-order valence-corrected chi connectivity index (χ0v) is 11.3. The van der Waals surface area contributed by atoms with Crippen LogP contribution in [-0.2, 0) is 6.61 Å². The van der Waals surface area contributed by atoms with Crippen LogP contribution < -0.4 is 4.74 Å². The normalized spacial score (nSPS) is 10.7. The Morgan fingerprint density at radius 3 is 2.80 bits per heavy atom. The fourth-order valence-corrected chi connectivity index (χ4v) is 2.21. The second kappa shape index (κ2) is 5.47. The molecule has 0 amide bonds. The van der Waals surface area contributed by atoms with Crippen molar-refractivity contribution < 1.29 is 9.13 Å². The Bertz CT molecular complexity index is 760. The minimum absolute atomic E-state index is 0.191. The summed E-state index contributed by atoms with van der Waals surface area (Å²) in [6.45, 7) is 0.191. The first-order valence-corrected chi connectivity index (χ1v) is 6.52. The van der Waals surface area contributed by atoms with Crippen molar-refractivity contribution in [3.63, 3.8) is 0 Å². The van der Waals surface area contributed by atoms with Crippen LogP contribution in [0.3, 0.4) is 0 Å². The van der Waals surface area contributed by atoms with Gasteiger partial charge in [-0.05, 0) is 35.7 Å². The van der Waals surface area contributed by atoms with Gasteiger partial charge in [-0.3, -0.25) is 0 Å². The van der Waals surface area contributed by atoms with Gasteiger partial charge >= 0.3 is 0 Å². The lowest BCUT2D eigenvalue weighted by Gasteiger charge is -2.08. The number of hydrogen-bond donors (Lipinski definition) is 0. The smallest absolute Gasteiger partial charge is 0.136 e. The van der Waals surface area contributed by atoms with Crippen molar-refractivity contribution in [2.75, 3.05) is 0 Å². The van der Waals surface area contributed by atoms with Crippen molar-refractivity contribution in [2.45, 2.75) is 6.61 Å². The molecule has 1 aromatic heterocycles. The van der Waals surface area contributed by atoms with Crippen LogP contribution >= 0.6 is 11.6 Å². The molecule has 2 nitrogen and oxygen atoms in total. The van der Waals surface area contributed by atoms with Crippen LogP contribution in [0.25, 0.3) is 10.8 Å². The molecule has 4 heteroatoms. The van der Waals surface area contributed by atoms with E-state index in [4.69, 9.17) is 16.3 Å². The summed E-state index contributed by atoms with van der Waals surface area (Å²) in [6.07, 6.45) is 1.64. The summed E-state index contributed by atoms with van der Waals surface area (Å²) in [5, 5.41) is 2.27. The van der Waals surface area contributed by atoms with E-state index >= 15 is 0 Å². The van der Waals surface area contributed by atoms with E-state index in [2.05, 4.69) is 4.98 Å². The summed E-state index contributed by atoms with van der Waals surface area (Å²) in [6, 6.07) is 13.9. The number of halogens is 2. The van der Waals surface area contributed by atoms with E-state index in [-0.39, 0.29) is 12.4 Å². The molecule has 0 spiro atoms. The number of rotatable bonds is 3. The lowest BCUT2D eigenvalue weighted by molar-refractivity contribution is 0.300. The monoisotopic (exact) mass is 287 g/mol. The quantitative estimate of drug-likeness (QED) is 0.657. The highest BCUT2D eigenvalue weighted by molar-refractivity contribution is 6.34. The highest BCUT2D eigenvalue weighted by atomic mass is 35.5. The summed E-state index contributed by atoms with van der Waals surface area (Å²) < 4.78 is 19.1. The maximum Gasteiger partial charge on any atom is 0.136 e. The highest BCUT2D eigenvalue weighted by Crippen LogP contribution is 2.25. The minimum Gasteiger partial charge on any atom is -0.489 e. The molecule has 0 aliphatic carbocycles. The van der Waals surface area contributed by atoms with Crippen LogP contribution in [0.4, 0.5) is 4.39 Å². The summed E-state index contributed by atoms with van der Waals surface area (Å²) in [5.41, 5.74) is 0.528. The lowest BCUT2D eigenvalue weighted by atomic mass is 10.2. The summed E-state index contributed by atoms with van der Waals surface area (Å²) >= 11 is 6.00. The predicted octanol–water partition coefficient (Wildman–Crippen LogP) is 4.61. The molecule has 0 atom stereocenters. The largest absolute Gasteiger partial charge is 0.489 e. The Morgan fingerprint density at radius 2 is 1.95 bits per heavy atom. The van der Waals surface area contributed by atoms with E-state index in [1.807, 2.05) is 18.2 Å². The molecule has 0 saturated heterocycles. The van der Waals surface area contributed by atoms with Crippen LogP contribution in [0.15, 0.2) is 54.7 Å². The van der Waals surface area contributed by atoms with Gasteiger partial charge in [0.25, 0.3) is 0 Å². The van der Waals surface area contributed by atoms with Crippen molar-refractivity contribution in [1.82, 2.24) is 4.98 Å². The van der Waals surface area contributed by atoms with Gasteiger partial charge in [-0.15, -0.1) is 0 Å². The Kier molecular flexibility index (Phi) is 3.52. The molecule has 3 aromatic rings. The molecule has 0 unspecified atom stereocenters. The third kappa shape index (κ3) is 2.58. The summed E-state index contributed by atoms with van der Waals surface area (Å²) in [7, 11) is 0. The number of nitrogens with zero attached hydrogens (tertiary/aromatic N) is 1. The van der Waals surface area contributed by atoms with Gasteiger partial charge in [-0.2, -0.15) is 0 Å². The third-order valence-electron chi connectivity index (χ3n) is 3.04. The Labute approximate surface area is 120 Å². The first kappa shape index (κ1) is 12.9. The number of fused-ring (bicyclic) bond motifs is 1. The van der Waals surface area contributed by atoms with Gasteiger partial charge in [0.1, 0.15) is 23.3 Å². The number of pyridine rings is 1. The first-order valence-electron chi connectivity index (χ1n) is 6.14. The molecule has 0 aliphatic heterocycles. The third-order valence-corrected chi connectivity index (χ3v) is 3.34. The fraction of sp³-hybridized carbons (Fsp3) is 0.0625. The average Bonchev–Trinajstić information content (AvgIpc) is 2.46. The van der Waals surface area contributed by atoms with Gasteiger partial charge in [0, 0.05) is 17.1 Å². The molecule has 20 heavy (non-hydrogen) atoms. The maximum absolute atomic E-state index is 13.5. The zero-order valence-electron chi connectivity index (χ0n) is 10.5. The molecule has 0 radical (unpaired) electrons. The molecule has 3 rings (SSSR count). The second-order valence-corrected chi connectivity index (χ2v) is 4.72. The molecule has 0 saturated carbocycles. The van der Waals surface area contributed by atoms with Crippen LogP contribution in [0.1, 0.15) is 5.56 Å². The number of hydrogen-bond acceptors (Lipinski definition) is 2. The molecule has 0 N–H and O–H groups in total. The molecule has 100 valence electrons. The van der Waals surface area contributed by atoms with Gasteiger partial charge in [-0.25, -0.2) is 9.37 Å². The number of aromatic nitrogens is 1. The Balaban J connectivity index is 1.83. The molecular formula is C16H11ClFNO. The van der Waals surface area contributed by atoms with Crippen molar-refractivity contribution in [1.29, 1.82) is 0 Å². The average molecular weight is 288 g/mol. The molecule has 0 aliphatic rings. The molecule has 2 aromatic carbocycles. The van der Waals surface area contributed by atoms with Crippen LogP contribution in [0.2, 0.25) is 5.15 Å². The van der Waals surface area contributed by atoms with Gasteiger partial charge in [-0.1, -0.05) is 29.8 Å². The topological polar surface area (TPSA) is 22.1 Å². The standard InChI is InChI=1S/C16H11ClFNO/c17-16-14-6-5-13(9-11(14)7-8-19-16)20-10-12-3-1-2-4-15(12)18/h1-9H,10H2. The SMILES string of the molecule is Fc1ccccc1COc1ccc2c(Cl)nccc2c1. The molecular weight excluding hydrogens is 277 g/mol. The summed E-state index contributed by atoms with van der Waals surface area (Å²) in [4.78, 5) is 4.02. The van der Waals surface area contributed by atoms with E-state index < -0.39 is 0 Å². The molecule has 0 bridgehead atoms. The second-order valence-electron chi connectivity index (χ2n) is 4.36. The van der Waals surface area contributed by atoms with Gasteiger partial charge in [0.2, 0.25) is 0 Å². The maximum atomic E-state index is 13.5. The Hall–Kier alpha value is -2.13. The van der Waals surface area contributed by atoms with Gasteiger partial charge in [0.05, 0.1) is 0 Å². The zero-order chi connectivity index (χ0) is 13.9. The number of benzene rings is 2. The van der Waals surface area contributed by atoms with Gasteiger partial charge < -0.3 is 4.74 Å². The van der Waals surface area contributed by atoms with E-state index in [9.17, 15) is 4.39 Å². The summed E-state index contributed by atoms with van der Waals surface area (Å²) in [5.74, 6) is 0.406. The first-order chi connectivity index (χ1) is 9.74. The van der Waals surface area contributed by atoms with Crippen LogP contribution in [0, 0.1) is 5.82 Å². The van der Waals surface area contributed by atoms with Gasteiger partial charge in [0.15, 0.2) is 0 Å². The minimum atomic E-state index is -0.263. The number of ether oxygens (including phenoxy) is 1. The van der Waals surface area contributed by atoms with E-state index in [0.29, 0.717) is 16.5 Å². The Morgan fingerprint density at radius 1 is 1.10 bits per heavy atom. The van der Waals surface area contributed by atoms with Crippen LogP contribution in [-0.4, -0.2) is 4.98 Å². The van der Waals surface area contributed by atoms with Crippen LogP contribution in [0.5, 0.6) is 5.75 Å². The highest BCUT2D eigenvalue weighted by Gasteiger charge is 2.04. The van der Waals surface area contributed by atoms with E-state index in [1.54, 1.807) is 30.5 Å². The fourth-order valence-electron chi connectivity index (χ4n) is 1.99. The molecule has 0 fully saturated rings. The van der Waals surface area contributed by atoms with Crippen molar-refractivity contribution >= 4 is 22.4 Å². The van der Waals surface area contributed by atoms with E-state index in [1.165, 1.54) is 6.07 Å². The lowest BCUT2D eigenvalue weighted by Crippen LogP contribution is -1.98. The van der Waals surface area contributed by atoms with E-state index in [0.717, 1.165) is 10.8 Å². The van der Waals surface area contributed by atoms with Crippen molar-refractivity contribution in [3.8, 4) is 5.75 Å². The molecule has 1 heterocycles. The predicted molar refractivity (Wildman–Crippen MR) is 77.5 cm³/mol.